The van der Waals surface area contributed by atoms with Crippen molar-refractivity contribution in [3.8, 4) is 0 Å². The van der Waals surface area contributed by atoms with Crippen molar-refractivity contribution >= 4 is 0 Å². The van der Waals surface area contributed by atoms with E-state index in [9.17, 15) is 5.11 Å². The molecular formula is C8H13N3O. The zero-order valence-electron chi connectivity index (χ0n) is 7.04. The smallest absolute Gasteiger partial charge is 0.126 e. The molecule has 2 heterocycles. The van der Waals surface area contributed by atoms with Gasteiger partial charge in [-0.3, -0.25) is 0 Å². The fourth-order valence-electron chi connectivity index (χ4n) is 1.56. The highest BCUT2D eigenvalue weighted by molar-refractivity contribution is 5.06. The van der Waals surface area contributed by atoms with E-state index < -0.39 is 0 Å². The van der Waals surface area contributed by atoms with E-state index in [2.05, 4.69) is 15.3 Å². The Labute approximate surface area is 71.0 Å². The summed E-state index contributed by atoms with van der Waals surface area (Å²) in [6, 6.07) is -0.00120. The third-order valence-corrected chi connectivity index (χ3v) is 2.21. The number of aromatic nitrogens is 2. The standard InChI is InChI=1S/C8H13N3O/c1-5-4-10-8(11-5)7-6(12)2-3-9-7/h4,6-7,9,12H,2-3H2,1H3,(H,10,11). The van der Waals surface area contributed by atoms with Crippen LogP contribution in [0.15, 0.2) is 6.20 Å². The number of nitrogens with one attached hydrogen (secondary N) is 2. The number of aromatic amines is 1. The molecule has 1 aromatic rings. The lowest BCUT2D eigenvalue weighted by atomic mass is 10.2. The molecule has 0 aliphatic carbocycles. The van der Waals surface area contributed by atoms with Crippen molar-refractivity contribution in [2.45, 2.75) is 25.5 Å². The van der Waals surface area contributed by atoms with Crippen LogP contribution in [0.25, 0.3) is 0 Å². The number of nitrogens with zero attached hydrogens (tertiary/aromatic N) is 1. The van der Waals surface area contributed by atoms with Gasteiger partial charge in [-0.05, 0) is 19.9 Å². The van der Waals surface area contributed by atoms with Crippen molar-refractivity contribution in [2.75, 3.05) is 6.54 Å². The molecule has 1 aliphatic rings. The molecule has 2 atom stereocenters. The predicted molar refractivity (Wildman–Crippen MR) is 44.7 cm³/mol. The molecular weight excluding hydrogens is 154 g/mol. The Morgan fingerprint density at radius 1 is 1.67 bits per heavy atom. The van der Waals surface area contributed by atoms with E-state index in [1.165, 1.54) is 0 Å². The van der Waals surface area contributed by atoms with Crippen LogP contribution in [0.1, 0.15) is 24.0 Å². The summed E-state index contributed by atoms with van der Waals surface area (Å²) in [6.45, 7) is 2.82. The van der Waals surface area contributed by atoms with Gasteiger partial charge in [0.05, 0.1) is 12.1 Å². The maximum Gasteiger partial charge on any atom is 0.126 e. The normalized spacial score (nSPS) is 29.5. The Morgan fingerprint density at radius 2 is 2.50 bits per heavy atom. The number of rotatable bonds is 1. The summed E-state index contributed by atoms with van der Waals surface area (Å²) < 4.78 is 0. The quantitative estimate of drug-likeness (QED) is 0.556. The average Bonchev–Trinajstić information content (AvgIpc) is 2.58. The molecule has 2 rings (SSSR count). The van der Waals surface area contributed by atoms with E-state index in [1.54, 1.807) is 6.20 Å². The molecule has 0 bridgehead atoms. The summed E-state index contributed by atoms with van der Waals surface area (Å²) >= 11 is 0. The molecule has 0 amide bonds. The highest BCUT2D eigenvalue weighted by Gasteiger charge is 2.27. The Balaban J connectivity index is 2.19. The van der Waals surface area contributed by atoms with Crippen LogP contribution in [-0.2, 0) is 0 Å². The van der Waals surface area contributed by atoms with Gasteiger partial charge >= 0.3 is 0 Å². The van der Waals surface area contributed by atoms with E-state index in [1.807, 2.05) is 6.92 Å². The van der Waals surface area contributed by atoms with Crippen LogP contribution in [0, 0.1) is 6.92 Å². The van der Waals surface area contributed by atoms with Crippen LogP contribution < -0.4 is 5.32 Å². The molecule has 1 saturated heterocycles. The summed E-state index contributed by atoms with van der Waals surface area (Å²) in [5, 5.41) is 12.7. The fraction of sp³-hybridized carbons (Fsp3) is 0.625. The number of aliphatic hydroxyl groups excluding tert-OH is 1. The monoisotopic (exact) mass is 167 g/mol. The summed E-state index contributed by atoms with van der Waals surface area (Å²) in [6.07, 6.45) is 2.29. The lowest BCUT2D eigenvalue weighted by Gasteiger charge is -2.10. The van der Waals surface area contributed by atoms with Crippen LogP contribution in [0.5, 0.6) is 0 Å². The molecule has 1 fully saturated rings. The van der Waals surface area contributed by atoms with Crippen LogP contribution in [-0.4, -0.2) is 27.7 Å². The zero-order valence-corrected chi connectivity index (χ0v) is 7.04. The van der Waals surface area contributed by atoms with Crippen molar-refractivity contribution in [3.05, 3.63) is 17.7 Å². The first kappa shape index (κ1) is 7.76. The van der Waals surface area contributed by atoms with Gasteiger partial charge in [0.15, 0.2) is 0 Å². The molecule has 3 N–H and O–H groups in total. The molecule has 1 aliphatic heterocycles. The van der Waals surface area contributed by atoms with Gasteiger partial charge in [-0.1, -0.05) is 0 Å². The summed E-state index contributed by atoms with van der Waals surface area (Å²) in [5.41, 5.74) is 1.03. The molecule has 4 heteroatoms. The summed E-state index contributed by atoms with van der Waals surface area (Å²) in [4.78, 5) is 7.28. The van der Waals surface area contributed by atoms with Crippen LogP contribution >= 0.6 is 0 Å². The summed E-state index contributed by atoms with van der Waals surface area (Å²) in [5.74, 6) is 0.845. The number of imidazole rings is 1. The van der Waals surface area contributed by atoms with Gasteiger partial charge < -0.3 is 15.4 Å². The molecule has 12 heavy (non-hydrogen) atoms. The number of H-pyrrole nitrogens is 1. The van der Waals surface area contributed by atoms with Gasteiger partial charge in [-0.15, -0.1) is 0 Å². The van der Waals surface area contributed by atoms with E-state index in [-0.39, 0.29) is 12.1 Å². The van der Waals surface area contributed by atoms with Gasteiger partial charge in [0.1, 0.15) is 5.82 Å². The van der Waals surface area contributed by atoms with Crippen LogP contribution in [0.3, 0.4) is 0 Å². The molecule has 0 spiro atoms. The largest absolute Gasteiger partial charge is 0.391 e. The van der Waals surface area contributed by atoms with Crippen LogP contribution in [0.2, 0.25) is 0 Å². The molecule has 4 nitrogen and oxygen atoms in total. The second kappa shape index (κ2) is 2.88. The van der Waals surface area contributed by atoms with Gasteiger partial charge in [0.25, 0.3) is 0 Å². The predicted octanol–water partition coefficient (Wildman–Crippen LogP) is 0.113. The number of hydrogen-bond acceptors (Lipinski definition) is 3. The molecule has 2 unspecified atom stereocenters. The first-order chi connectivity index (χ1) is 5.77. The minimum Gasteiger partial charge on any atom is -0.391 e. The van der Waals surface area contributed by atoms with Gasteiger partial charge in [0, 0.05) is 11.9 Å². The van der Waals surface area contributed by atoms with Crippen molar-refractivity contribution in [3.63, 3.8) is 0 Å². The minimum atomic E-state index is -0.296. The Morgan fingerprint density at radius 3 is 3.00 bits per heavy atom. The third kappa shape index (κ3) is 1.23. The van der Waals surface area contributed by atoms with E-state index >= 15 is 0 Å². The SMILES string of the molecule is Cc1cnc(C2NCCC2O)[nH]1. The Hall–Kier alpha value is -0.870. The fourth-order valence-corrected chi connectivity index (χ4v) is 1.56. The van der Waals surface area contributed by atoms with Crippen molar-refractivity contribution < 1.29 is 5.11 Å². The van der Waals surface area contributed by atoms with E-state index in [0.29, 0.717) is 0 Å². The highest BCUT2D eigenvalue weighted by atomic mass is 16.3. The maximum atomic E-state index is 9.53. The molecule has 66 valence electrons. The maximum absolute atomic E-state index is 9.53. The van der Waals surface area contributed by atoms with Crippen molar-refractivity contribution in [2.24, 2.45) is 0 Å². The van der Waals surface area contributed by atoms with Crippen molar-refractivity contribution in [1.82, 2.24) is 15.3 Å². The molecule has 0 saturated carbocycles. The molecule has 0 radical (unpaired) electrons. The molecule has 1 aromatic heterocycles. The third-order valence-electron chi connectivity index (χ3n) is 2.21. The summed E-state index contributed by atoms with van der Waals surface area (Å²) in [7, 11) is 0. The van der Waals surface area contributed by atoms with Crippen molar-refractivity contribution in [1.29, 1.82) is 0 Å². The van der Waals surface area contributed by atoms with E-state index in [0.717, 1.165) is 24.5 Å². The number of aliphatic hydroxyl groups is 1. The zero-order chi connectivity index (χ0) is 8.55. The van der Waals surface area contributed by atoms with Gasteiger partial charge in [-0.25, -0.2) is 4.98 Å². The van der Waals surface area contributed by atoms with Gasteiger partial charge in [-0.2, -0.15) is 0 Å². The average molecular weight is 167 g/mol. The molecule has 0 aromatic carbocycles. The first-order valence-electron chi connectivity index (χ1n) is 4.20. The minimum absolute atomic E-state index is 0.00120. The second-order valence-electron chi connectivity index (χ2n) is 3.24. The Bertz CT molecular complexity index is 271. The highest BCUT2D eigenvalue weighted by Crippen LogP contribution is 2.20. The topological polar surface area (TPSA) is 60.9 Å². The van der Waals surface area contributed by atoms with Crippen LogP contribution in [0.4, 0.5) is 0 Å². The number of aryl methyl sites for hydroxylation is 1. The lowest BCUT2D eigenvalue weighted by Crippen LogP contribution is -2.22. The first-order valence-corrected chi connectivity index (χ1v) is 4.20. The number of hydrogen-bond donors (Lipinski definition) is 3. The second-order valence-corrected chi connectivity index (χ2v) is 3.24. The van der Waals surface area contributed by atoms with Gasteiger partial charge in [0.2, 0.25) is 0 Å². The van der Waals surface area contributed by atoms with E-state index in [4.69, 9.17) is 0 Å². The lowest BCUT2D eigenvalue weighted by molar-refractivity contribution is 0.157. The Kier molecular flexibility index (Phi) is 1.86.